The molecular formula is C8H8N2S. The van der Waals surface area contributed by atoms with Crippen molar-refractivity contribution in [1.82, 2.24) is 4.37 Å². The summed E-state index contributed by atoms with van der Waals surface area (Å²) in [6.45, 7) is 0.591. The molecule has 1 aromatic heterocycles. The molecule has 0 aliphatic rings. The van der Waals surface area contributed by atoms with Gasteiger partial charge in [0.05, 0.1) is 5.52 Å². The number of fused-ring (bicyclic) bond motifs is 1. The molecule has 0 aliphatic carbocycles. The number of aromatic nitrogens is 1. The van der Waals surface area contributed by atoms with Crippen molar-refractivity contribution in [1.29, 1.82) is 0 Å². The largest absolute Gasteiger partial charge is 0.326 e. The molecule has 0 amide bonds. The summed E-state index contributed by atoms with van der Waals surface area (Å²) >= 11 is 1.48. The Labute approximate surface area is 68.8 Å². The highest BCUT2D eigenvalue weighted by atomic mass is 32.1. The van der Waals surface area contributed by atoms with Gasteiger partial charge in [-0.1, -0.05) is 12.1 Å². The Morgan fingerprint density at radius 1 is 1.45 bits per heavy atom. The van der Waals surface area contributed by atoms with E-state index in [0.29, 0.717) is 6.54 Å². The van der Waals surface area contributed by atoms with Crippen molar-refractivity contribution in [3.8, 4) is 0 Å². The Morgan fingerprint density at radius 2 is 2.36 bits per heavy atom. The summed E-state index contributed by atoms with van der Waals surface area (Å²) < 4.78 is 4.21. The third-order valence-electron chi connectivity index (χ3n) is 1.66. The van der Waals surface area contributed by atoms with Crippen molar-refractivity contribution in [3.63, 3.8) is 0 Å². The smallest absolute Gasteiger partial charge is 0.0843 e. The summed E-state index contributed by atoms with van der Waals surface area (Å²) in [4.78, 5) is 0. The predicted molar refractivity (Wildman–Crippen MR) is 47.5 cm³/mol. The van der Waals surface area contributed by atoms with E-state index in [1.165, 1.54) is 16.9 Å². The summed E-state index contributed by atoms with van der Waals surface area (Å²) in [6.07, 6.45) is 0. The molecule has 0 saturated carbocycles. The van der Waals surface area contributed by atoms with Gasteiger partial charge in [0.1, 0.15) is 0 Å². The molecule has 2 rings (SSSR count). The van der Waals surface area contributed by atoms with Gasteiger partial charge in [-0.2, -0.15) is 4.37 Å². The zero-order chi connectivity index (χ0) is 7.68. The average molecular weight is 164 g/mol. The van der Waals surface area contributed by atoms with Gasteiger partial charge in [0.25, 0.3) is 0 Å². The van der Waals surface area contributed by atoms with Crippen molar-refractivity contribution >= 4 is 22.4 Å². The Hall–Kier alpha value is -0.930. The van der Waals surface area contributed by atoms with Crippen LogP contribution in [0.5, 0.6) is 0 Å². The van der Waals surface area contributed by atoms with Crippen LogP contribution in [0.4, 0.5) is 0 Å². The molecule has 56 valence electrons. The highest BCUT2D eigenvalue weighted by Gasteiger charge is 1.95. The van der Waals surface area contributed by atoms with Crippen LogP contribution in [-0.4, -0.2) is 4.37 Å². The maximum atomic E-state index is 5.49. The van der Waals surface area contributed by atoms with Crippen molar-refractivity contribution in [2.75, 3.05) is 0 Å². The average Bonchev–Trinajstić information content (AvgIpc) is 2.50. The summed E-state index contributed by atoms with van der Waals surface area (Å²) in [5.74, 6) is 0. The van der Waals surface area contributed by atoms with Crippen LogP contribution in [0.15, 0.2) is 23.6 Å². The van der Waals surface area contributed by atoms with Crippen molar-refractivity contribution in [3.05, 3.63) is 29.1 Å². The van der Waals surface area contributed by atoms with Crippen LogP contribution < -0.4 is 5.73 Å². The molecule has 0 unspecified atom stereocenters. The van der Waals surface area contributed by atoms with Gasteiger partial charge < -0.3 is 5.73 Å². The van der Waals surface area contributed by atoms with Crippen LogP contribution in [0, 0.1) is 0 Å². The molecule has 1 aromatic carbocycles. The molecule has 3 heteroatoms. The molecule has 0 saturated heterocycles. The number of rotatable bonds is 1. The minimum absolute atomic E-state index is 0.591. The maximum Gasteiger partial charge on any atom is 0.0843 e. The van der Waals surface area contributed by atoms with E-state index < -0.39 is 0 Å². The second-order valence-corrected chi connectivity index (χ2v) is 3.04. The minimum atomic E-state index is 0.591. The third-order valence-corrected chi connectivity index (χ3v) is 2.32. The van der Waals surface area contributed by atoms with Gasteiger partial charge in [0.2, 0.25) is 0 Å². The van der Waals surface area contributed by atoms with Crippen LogP contribution in [0.25, 0.3) is 10.9 Å². The van der Waals surface area contributed by atoms with Crippen molar-refractivity contribution in [2.24, 2.45) is 5.73 Å². The summed E-state index contributed by atoms with van der Waals surface area (Å²) in [6, 6.07) is 6.13. The highest BCUT2D eigenvalue weighted by Crippen LogP contribution is 2.16. The van der Waals surface area contributed by atoms with Gasteiger partial charge in [-0.3, -0.25) is 0 Å². The van der Waals surface area contributed by atoms with E-state index in [-0.39, 0.29) is 0 Å². The monoisotopic (exact) mass is 164 g/mol. The van der Waals surface area contributed by atoms with Gasteiger partial charge in [-0.25, -0.2) is 0 Å². The lowest BCUT2D eigenvalue weighted by Crippen LogP contribution is -1.94. The third kappa shape index (κ3) is 1.13. The molecule has 2 nitrogen and oxygen atoms in total. The van der Waals surface area contributed by atoms with Crippen molar-refractivity contribution < 1.29 is 0 Å². The topological polar surface area (TPSA) is 38.9 Å². The maximum absolute atomic E-state index is 5.49. The molecule has 0 radical (unpaired) electrons. The SMILES string of the molecule is NCc1ccc2csnc2c1. The molecule has 1 heterocycles. The Balaban J connectivity index is 2.67. The number of nitrogens with zero attached hydrogens (tertiary/aromatic N) is 1. The van der Waals surface area contributed by atoms with E-state index in [2.05, 4.69) is 10.4 Å². The van der Waals surface area contributed by atoms with E-state index in [4.69, 9.17) is 5.73 Å². The predicted octanol–water partition coefficient (Wildman–Crippen LogP) is 1.75. The lowest BCUT2D eigenvalue weighted by atomic mass is 10.2. The fourth-order valence-electron chi connectivity index (χ4n) is 1.03. The quantitative estimate of drug-likeness (QED) is 0.697. The molecular weight excluding hydrogens is 156 g/mol. The van der Waals surface area contributed by atoms with Crippen LogP contribution in [0.1, 0.15) is 5.56 Å². The first kappa shape index (κ1) is 6.76. The summed E-state index contributed by atoms with van der Waals surface area (Å²) in [5, 5.41) is 3.24. The number of benzene rings is 1. The van der Waals surface area contributed by atoms with Gasteiger partial charge in [-0.15, -0.1) is 0 Å². The zero-order valence-corrected chi connectivity index (χ0v) is 6.77. The molecule has 0 aliphatic heterocycles. The van der Waals surface area contributed by atoms with E-state index in [9.17, 15) is 0 Å². The van der Waals surface area contributed by atoms with Crippen molar-refractivity contribution in [2.45, 2.75) is 6.54 Å². The highest BCUT2D eigenvalue weighted by molar-refractivity contribution is 7.04. The first-order valence-electron chi connectivity index (χ1n) is 3.43. The molecule has 11 heavy (non-hydrogen) atoms. The fraction of sp³-hybridized carbons (Fsp3) is 0.125. The van der Waals surface area contributed by atoms with E-state index in [1.54, 1.807) is 0 Å². The Kier molecular flexibility index (Phi) is 1.60. The Morgan fingerprint density at radius 3 is 3.18 bits per heavy atom. The van der Waals surface area contributed by atoms with Crippen LogP contribution >= 0.6 is 11.5 Å². The number of nitrogens with two attached hydrogens (primary N) is 1. The lowest BCUT2D eigenvalue weighted by Gasteiger charge is -1.93. The fourth-order valence-corrected chi connectivity index (χ4v) is 1.67. The number of hydrogen-bond donors (Lipinski definition) is 1. The molecule has 0 spiro atoms. The van der Waals surface area contributed by atoms with Gasteiger partial charge in [-0.05, 0) is 23.2 Å². The van der Waals surface area contributed by atoms with E-state index >= 15 is 0 Å². The summed E-state index contributed by atoms with van der Waals surface area (Å²) in [7, 11) is 0. The van der Waals surface area contributed by atoms with E-state index in [0.717, 1.165) is 11.1 Å². The van der Waals surface area contributed by atoms with Crippen LogP contribution in [0.3, 0.4) is 0 Å². The molecule has 2 aromatic rings. The second kappa shape index (κ2) is 2.60. The molecule has 2 N–H and O–H groups in total. The van der Waals surface area contributed by atoms with Crippen LogP contribution in [0.2, 0.25) is 0 Å². The molecule has 0 atom stereocenters. The number of hydrogen-bond acceptors (Lipinski definition) is 3. The lowest BCUT2D eigenvalue weighted by molar-refractivity contribution is 1.07. The summed E-state index contributed by atoms with van der Waals surface area (Å²) in [5.41, 5.74) is 7.68. The Bertz CT molecular complexity index is 367. The first-order valence-corrected chi connectivity index (χ1v) is 4.27. The first-order chi connectivity index (χ1) is 5.40. The van der Waals surface area contributed by atoms with Gasteiger partial charge in [0, 0.05) is 17.3 Å². The minimum Gasteiger partial charge on any atom is -0.326 e. The van der Waals surface area contributed by atoms with Gasteiger partial charge in [0.15, 0.2) is 0 Å². The molecule has 0 bridgehead atoms. The van der Waals surface area contributed by atoms with E-state index in [1.807, 2.05) is 17.5 Å². The standard InChI is InChI=1S/C8H8N2S/c9-4-6-1-2-7-5-11-10-8(7)3-6/h1-3,5H,4,9H2. The second-order valence-electron chi connectivity index (χ2n) is 2.41. The van der Waals surface area contributed by atoms with Crippen LogP contribution in [-0.2, 0) is 6.54 Å². The van der Waals surface area contributed by atoms with Gasteiger partial charge >= 0.3 is 0 Å². The zero-order valence-electron chi connectivity index (χ0n) is 5.95. The molecule has 0 fully saturated rings. The normalized spacial score (nSPS) is 10.6.